The van der Waals surface area contributed by atoms with Crippen LogP contribution in [0.3, 0.4) is 0 Å². The summed E-state index contributed by atoms with van der Waals surface area (Å²) in [4.78, 5) is 11.6. The van der Waals surface area contributed by atoms with Crippen molar-refractivity contribution in [2.75, 3.05) is 6.54 Å². The number of amides is 1. The van der Waals surface area contributed by atoms with Gasteiger partial charge in [0.2, 0.25) is 5.91 Å². The Morgan fingerprint density at radius 1 is 1.47 bits per heavy atom. The van der Waals surface area contributed by atoms with Crippen molar-refractivity contribution in [2.24, 2.45) is 11.7 Å². The van der Waals surface area contributed by atoms with Gasteiger partial charge >= 0.3 is 0 Å². The number of primary amides is 1. The highest BCUT2D eigenvalue weighted by molar-refractivity contribution is 5.77. The van der Waals surface area contributed by atoms with Gasteiger partial charge in [0, 0.05) is 6.04 Å². The van der Waals surface area contributed by atoms with Crippen LogP contribution in [-0.2, 0) is 4.79 Å². The largest absolute Gasteiger partial charge is 0.491 e. The summed E-state index contributed by atoms with van der Waals surface area (Å²) >= 11 is 0. The van der Waals surface area contributed by atoms with E-state index in [4.69, 9.17) is 10.5 Å². The molecule has 2 rings (SSSR count). The van der Waals surface area contributed by atoms with E-state index in [2.05, 4.69) is 5.32 Å². The molecule has 19 heavy (non-hydrogen) atoms. The predicted molar refractivity (Wildman–Crippen MR) is 74.9 cm³/mol. The first-order valence-electron chi connectivity index (χ1n) is 6.87. The Hall–Kier alpha value is -1.55. The van der Waals surface area contributed by atoms with E-state index in [1.54, 1.807) is 0 Å². The van der Waals surface area contributed by atoms with Crippen LogP contribution < -0.4 is 15.8 Å². The standard InChI is InChI=1S/C15H22N2O2/c1-10(2)19-12-6-3-5-11(9-12)14-13(15(16)18)7-4-8-17-14/h3,5-6,9-10,13-14,17H,4,7-8H2,1-2H3,(H2,16,18). The first-order chi connectivity index (χ1) is 9.08. The molecule has 1 aromatic carbocycles. The number of nitrogens with two attached hydrogens (primary N) is 1. The van der Waals surface area contributed by atoms with Crippen LogP contribution in [0.1, 0.15) is 38.3 Å². The summed E-state index contributed by atoms with van der Waals surface area (Å²) in [5, 5.41) is 3.39. The number of benzene rings is 1. The van der Waals surface area contributed by atoms with Gasteiger partial charge in [-0.25, -0.2) is 0 Å². The molecule has 4 heteroatoms. The summed E-state index contributed by atoms with van der Waals surface area (Å²) in [6.07, 6.45) is 1.98. The van der Waals surface area contributed by atoms with E-state index >= 15 is 0 Å². The maximum absolute atomic E-state index is 11.6. The summed E-state index contributed by atoms with van der Waals surface area (Å²) in [6.45, 7) is 4.92. The van der Waals surface area contributed by atoms with Crippen molar-refractivity contribution in [3.63, 3.8) is 0 Å². The van der Waals surface area contributed by atoms with Crippen molar-refractivity contribution in [3.05, 3.63) is 29.8 Å². The van der Waals surface area contributed by atoms with Gasteiger partial charge in [-0.2, -0.15) is 0 Å². The molecule has 1 heterocycles. The fourth-order valence-corrected chi connectivity index (χ4v) is 2.60. The maximum Gasteiger partial charge on any atom is 0.222 e. The van der Waals surface area contributed by atoms with Gasteiger partial charge in [0.25, 0.3) is 0 Å². The van der Waals surface area contributed by atoms with Gasteiger partial charge in [-0.15, -0.1) is 0 Å². The number of rotatable bonds is 4. The van der Waals surface area contributed by atoms with Gasteiger partial charge in [-0.1, -0.05) is 12.1 Å². The van der Waals surface area contributed by atoms with E-state index in [1.165, 1.54) is 0 Å². The summed E-state index contributed by atoms with van der Waals surface area (Å²) in [5.74, 6) is 0.471. The number of carbonyl (C=O) groups is 1. The SMILES string of the molecule is CC(C)Oc1cccc(C2NCCCC2C(N)=O)c1. The molecule has 1 aromatic rings. The lowest BCUT2D eigenvalue weighted by atomic mass is 9.86. The molecule has 2 unspecified atom stereocenters. The van der Waals surface area contributed by atoms with Crippen LogP contribution in [0.4, 0.5) is 0 Å². The van der Waals surface area contributed by atoms with Crippen LogP contribution in [0.2, 0.25) is 0 Å². The number of piperidine rings is 1. The average Bonchev–Trinajstić information content (AvgIpc) is 2.38. The van der Waals surface area contributed by atoms with Crippen LogP contribution in [0.5, 0.6) is 5.75 Å². The van der Waals surface area contributed by atoms with Gasteiger partial charge in [-0.05, 0) is 50.9 Å². The van der Waals surface area contributed by atoms with Gasteiger partial charge < -0.3 is 15.8 Å². The first kappa shape index (κ1) is 13.9. The summed E-state index contributed by atoms with van der Waals surface area (Å²) in [6, 6.07) is 7.92. The van der Waals surface area contributed by atoms with Gasteiger partial charge in [-0.3, -0.25) is 4.79 Å². The van der Waals surface area contributed by atoms with E-state index in [0.29, 0.717) is 0 Å². The minimum absolute atomic E-state index is 0.00182. The average molecular weight is 262 g/mol. The summed E-state index contributed by atoms with van der Waals surface area (Å²) < 4.78 is 5.70. The summed E-state index contributed by atoms with van der Waals surface area (Å²) in [7, 11) is 0. The Bertz CT molecular complexity index is 446. The molecule has 3 N–H and O–H groups in total. The van der Waals surface area contributed by atoms with E-state index in [-0.39, 0.29) is 24.0 Å². The van der Waals surface area contributed by atoms with Crippen LogP contribution in [0.15, 0.2) is 24.3 Å². The molecule has 104 valence electrons. The monoisotopic (exact) mass is 262 g/mol. The highest BCUT2D eigenvalue weighted by Gasteiger charge is 2.30. The van der Waals surface area contributed by atoms with Gasteiger partial charge in [0.1, 0.15) is 5.75 Å². The molecule has 1 aliphatic heterocycles. The highest BCUT2D eigenvalue weighted by atomic mass is 16.5. The van der Waals surface area contributed by atoms with Gasteiger partial charge in [0.05, 0.1) is 12.0 Å². The molecule has 1 saturated heterocycles. The van der Waals surface area contributed by atoms with E-state index < -0.39 is 0 Å². The first-order valence-corrected chi connectivity index (χ1v) is 6.87. The zero-order valence-corrected chi connectivity index (χ0v) is 11.6. The molecule has 0 bridgehead atoms. The van der Waals surface area contributed by atoms with Crippen LogP contribution in [0, 0.1) is 5.92 Å². The lowest BCUT2D eigenvalue weighted by molar-refractivity contribution is -0.123. The van der Waals surface area contributed by atoms with E-state index in [9.17, 15) is 4.79 Å². The molecule has 1 amide bonds. The smallest absolute Gasteiger partial charge is 0.222 e. The number of hydrogen-bond donors (Lipinski definition) is 2. The highest BCUT2D eigenvalue weighted by Crippen LogP contribution is 2.31. The lowest BCUT2D eigenvalue weighted by Crippen LogP contribution is -2.40. The fourth-order valence-electron chi connectivity index (χ4n) is 2.60. The third-order valence-electron chi connectivity index (χ3n) is 3.41. The molecule has 1 aliphatic rings. The van der Waals surface area contributed by atoms with Crippen molar-refractivity contribution in [2.45, 2.75) is 38.8 Å². The quantitative estimate of drug-likeness (QED) is 0.872. The fraction of sp³-hybridized carbons (Fsp3) is 0.533. The molecule has 0 aliphatic carbocycles. The second kappa shape index (κ2) is 6.06. The Morgan fingerprint density at radius 3 is 2.95 bits per heavy atom. The Kier molecular flexibility index (Phi) is 4.43. The molecule has 4 nitrogen and oxygen atoms in total. The van der Waals surface area contributed by atoms with Crippen molar-refractivity contribution < 1.29 is 9.53 Å². The second-order valence-corrected chi connectivity index (χ2v) is 5.32. The number of ether oxygens (including phenoxy) is 1. The van der Waals surface area contributed by atoms with Crippen molar-refractivity contribution in [3.8, 4) is 5.75 Å². The lowest BCUT2D eigenvalue weighted by Gasteiger charge is -2.31. The molecule has 0 aromatic heterocycles. The molecule has 0 saturated carbocycles. The number of hydrogen-bond acceptors (Lipinski definition) is 3. The zero-order valence-electron chi connectivity index (χ0n) is 11.6. The zero-order chi connectivity index (χ0) is 13.8. The number of nitrogens with one attached hydrogen (secondary N) is 1. The normalized spacial score (nSPS) is 23.3. The topological polar surface area (TPSA) is 64.3 Å². The van der Waals surface area contributed by atoms with Crippen molar-refractivity contribution >= 4 is 5.91 Å². The molecular formula is C15H22N2O2. The third-order valence-corrected chi connectivity index (χ3v) is 3.41. The number of carbonyl (C=O) groups excluding carboxylic acids is 1. The molecule has 1 fully saturated rings. The minimum Gasteiger partial charge on any atom is -0.491 e. The molecule has 0 radical (unpaired) electrons. The summed E-state index contributed by atoms with van der Waals surface area (Å²) in [5.41, 5.74) is 6.57. The molecule has 0 spiro atoms. The second-order valence-electron chi connectivity index (χ2n) is 5.32. The van der Waals surface area contributed by atoms with Crippen LogP contribution in [0.25, 0.3) is 0 Å². The van der Waals surface area contributed by atoms with E-state index in [0.717, 1.165) is 30.7 Å². The van der Waals surface area contributed by atoms with Crippen LogP contribution >= 0.6 is 0 Å². The predicted octanol–water partition coefficient (Wildman–Crippen LogP) is 2.00. The van der Waals surface area contributed by atoms with Gasteiger partial charge in [0.15, 0.2) is 0 Å². The van der Waals surface area contributed by atoms with Crippen molar-refractivity contribution in [1.82, 2.24) is 5.32 Å². The third kappa shape index (κ3) is 3.47. The van der Waals surface area contributed by atoms with Crippen molar-refractivity contribution in [1.29, 1.82) is 0 Å². The Labute approximate surface area is 114 Å². The maximum atomic E-state index is 11.6. The Morgan fingerprint density at radius 2 is 2.26 bits per heavy atom. The molecular weight excluding hydrogens is 240 g/mol. The Balaban J connectivity index is 2.21. The minimum atomic E-state index is -0.229. The molecule has 2 atom stereocenters. The van der Waals surface area contributed by atoms with E-state index in [1.807, 2.05) is 38.1 Å². The van der Waals surface area contributed by atoms with Crippen LogP contribution in [-0.4, -0.2) is 18.6 Å².